The fourth-order valence-electron chi connectivity index (χ4n) is 2.51. The summed E-state index contributed by atoms with van der Waals surface area (Å²) in [4.78, 5) is 10.2. The highest BCUT2D eigenvalue weighted by molar-refractivity contribution is 7.80. The molecule has 7 nitrogen and oxygen atoms in total. The molecule has 0 aliphatic heterocycles. The summed E-state index contributed by atoms with van der Waals surface area (Å²) in [6.07, 6.45) is 0. The third-order valence-corrected chi connectivity index (χ3v) is 6.58. The molecule has 0 aromatic heterocycles. The van der Waals surface area contributed by atoms with E-state index in [-0.39, 0.29) is 10.8 Å². The molecule has 0 saturated carbocycles. The lowest BCUT2D eigenvalue weighted by Crippen LogP contribution is -2.42. The van der Waals surface area contributed by atoms with Gasteiger partial charge in [0, 0.05) is 28.4 Å². The van der Waals surface area contributed by atoms with E-state index in [2.05, 4.69) is 15.9 Å². The van der Waals surface area contributed by atoms with Crippen LogP contribution in [0.15, 0.2) is 84.9 Å². The maximum Gasteiger partial charge on any atom is 0.269 e. The smallest absolute Gasteiger partial charge is 0.269 e. The van der Waals surface area contributed by atoms with Crippen molar-refractivity contribution in [2.45, 2.75) is 0 Å². The monoisotopic (exact) mass is 412 g/mol. The average molecular weight is 412 g/mol. The summed E-state index contributed by atoms with van der Waals surface area (Å²) in [5, 5.41) is 17.9. The Hall–Kier alpha value is -3.06. The van der Waals surface area contributed by atoms with Gasteiger partial charge in [-0.1, -0.05) is 36.4 Å². The van der Waals surface area contributed by atoms with Crippen molar-refractivity contribution in [3.05, 3.63) is 95.0 Å². The van der Waals surface area contributed by atoms with Crippen molar-refractivity contribution in [1.82, 2.24) is 10.6 Å². The number of nitrogens with zero attached hydrogens (tertiary/aromatic N) is 1. The first-order chi connectivity index (χ1) is 13.5. The molecule has 0 aliphatic carbocycles. The number of nitro benzene ring substituents is 1. The number of rotatable bonds is 6. The molecule has 3 rings (SSSR count). The summed E-state index contributed by atoms with van der Waals surface area (Å²) in [6, 6.07) is 24.0. The van der Waals surface area contributed by atoms with Crippen LogP contribution in [0.2, 0.25) is 0 Å². The van der Waals surface area contributed by atoms with Gasteiger partial charge in [-0.3, -0.25) is 20.1 Å². The molecule has 0 atom stereocenters. The minimum Gasteiger partial charge on any atom is -0.332 e. The van der Waals surface area contributed by atoms with Crippen LogP contribution in [0.1, 0.15) is 0 Å². The van der Waals surface area contributed by atoms with Crippen molar-refractivity contribution in [2.75, 3.05) is 5.32 Å². The largest absolute Gasteiger partial charge is 0.332 e. The van der Waals surface area contributed by atoms with Crippen LogP contribution < -0.4 is 26.5 Å². The second-order valence-electron chi connectivity index (χ2n) is 5.78. The van der Waals surface area contributed by atoms with E-state index in [1.54, 1.807) is 36.4 Å². The minimum absolute atomic E-state index is 0.0137. The van der Waals surface area contributed by atoms with Gasteiger partial charge in [-0.25, -0.2) is 0 Å². The maximum absolute atomic E-state index is 13.8. The predicted octanol–water partition coefficient (Wildman–Crippen LogP) is 3.31. The fourth-order valence-corrected chi connectivity index (χ4v) is 4.77. The molecule has 142 valence electrons. The minimum atomic E-state index is -3.18. The molecule has 0 fully saturated rings. The zero-order valence-electron chi connectivity index (χ0n) is 14.6. The predicted molar refractivity (Wildman–Crippen MR) is 115 cm³/mol. The highest BCUT2D eigenvalue weighted by atomic mass is 32.1. The first-order valence-corrected chi connectivity index (χ1v) is 10.4. The van der Waals surface area contributed by atoms with Crippen LogP contribution in [-0.4, -0.2) is 10.0 Å². The molecule has 0 amide bonds. The number of hydrazine groups is 1. The van der Waals surface area contributed by atoms with Crippen LogP contribution in [0.25, 0.3) is 0 Å². The van der Waals surface area contributed by atoms with Gasteiger partial charge in [-0.05, 0) is 48.6 Å². The van der Waals surface area contributed by atoms with Crippen LogP contribution in [0.3, 0.4) is 0 Å². The Labute approximate surface area is 167 Å². The van der Waals surface area contributed by atoms with E-state index in [0.29, 0.717) is 16.3 Å². The number of nitro groups is 1. The van der Waals surface area contributed by atoms with Crippen LogP contribution in [0.4, 0.5) is 11.4 Å². The normalized spacial score (nSPS) is 10.9. The fraction of sp³-hybridized carbons (Fsp3) is 0. The van der Waals surface area contributed by atoms with Gasteiger partial charge < -0.3 is 5.32 Å². The van der Waals surface area contributed by atoms with Gasteiger partial charge in [0.1, 0.15) is 0 Å². The molecule has 0 unspecified atom stereocenters. The van der Waals surface area contributed by atoms with Crippen LogP contribution in [0, 0.1) is 10.1 Å². The first-order valence-electron chi connectivity index (χ1n) is 8.29. The van der Waals surface area contributed by atoms with Crippen molar-refractivity contribution >= 4 is 46.6 Å². The molecule has 3 N–H and O–H groups in total. The molecular formula is C19H17N4O3PS. The second kappa shape index (κ2) is 8.75. The maximum atomic E-state index is 13.8. The molecule has 3 aromatic rings. The Morgan fingerprint density at radius 2 is 1.36 bits per heavy atom. The van der Waals surface area contributed by atoms with E-state index in [9.17, 15) is 14.7 Å². The molecule has 0 saturated heterocycles. The van der Waals surface area contributed by atoms with Crippen molar-refractivity contribution in [1.29, 1.82) is 0 Å². The van der Waals surface area contributed by atoms with Crippen molar-refractivity contribution < 1.29 is 9.49 Å². The number of benzene rings is 3. The van der Waals surface area contributed by atoms with Crippen molar-refractivity contribution in [3.8, 4) is 0 Å². The SMILES string of the molecule is O=[N+]([O-])c1ccc(NC(=S)NNP(=O)(c2ccccc2)c2ccccc2)cc1. The number of hydrogen-bond donors (Lipinski definition) is 3. The summed E-state index contributed by atoms with van der Waals surface area (Å²) < 4.78 is 13.8. The van der Waals surface area contributed by atoms with Crippen molar-refractivity contribution in [3.63, 3.8) is 0 Å². The van der Waals surface area contributed by atoms with Gasteiger partial charge in [0.25, 0.3) is 5.69 Å². The molecule has 0 aliphatic rings. The van der Waals surface area contributed by atoms with E-state index >= 15 is 0 Å². The third-order valence-electron chi connectivity index (χ3n) is 3.90. The Balaban J connectivity index is 1.74. The third kappa shape index (κ3) is 4.61. The number of non-ortho nitro benzene ring substituents is 1. The Morgan fingerprint density at radius 1 is 0.857 bits per heavy atom. The second-order valence-corrected chi connectivity index (χ2v) is 8.66. The summed E-state index contributed by atoms with van der Waals surface area (Å²) >= 11 is 5.25. The molecule has 0 radical (unpaired) electrons. The number of hydrogen-bond acceptors (Lipinski definition) is 4. The number of anilines is 1. The van der Waals surface area contributed by atoms with E-state index in [1.807, 2.05) is 36.4 Å². The first kappa shape index (κ1) is 19.7. The van der Waals surface area contributed by atoms with E-state index in [1.165, 1.54) is 12.1 Å². The summed E-state index contributed by atoms with van der Waals surface area (Å²) in [5.74, 6) is 0. The highest BCUT2D eigenvalue weighted by Crippen LogP contribution is 2.37. The molecule has 28 heavy (non-hydrogen) atoms. The van der Waals surface area contributed by atoms with E-state index in [0.717, 1.165) is 0 Å². The van der Waals surface area contributed by atoms with E-state index in [4.69, 9.17) is 12.2 Å². The highest BCUT2D eigenvalue weighted by Gasteiger charge is 2.27. The quantitative estimate of drug-likeness (QED) is 0.247. The summed E-state index contributed by atoms with van der Waals surface area (Å²) in [6.45, 7) is 0. The van der Waals surface area contributed by atoms with Gasteiger partial charge in [0.05, 0.1) is 4.92 Å². The van der Waals surface area contributed by atoms with Gasteiger partial charge in [0.15, 0.2) is 5.11 Å². The molecule has 9 heteroatoms. The Morgan fingerprint density at radius 3 is 1.82 bits per heavy atom. The lowest BCUT2D eigenvalue weighted by Gasteiger charge is -2.22. The molecular weight excluding hydrogens is 395 g/mol. The van der Waals surface area contributed by atoms with E-state index < -0.39 is 12.2 Å². The van der Waals surface area contributed by atoms with Crippen LogP contribution >= 0.6 is 19.5 Å². The lowest BCUT2D eigenvalue weighted by atomic mass is 10.3. The zero-order valence-corrected chi connectivity index (χ0v) is 16.3. The van der Waals surface area contributed by atoms with Gasteiger partial charge in [0.2, 0.25) is 7.29 Å². The molecule has 0 spiro atoms. The summed E-state index contributed by atoms with van der Waals surface area (Å²) in [7, 11) is -3.18. The lowest BCUT2D eigenvalue weighted by molar-refractivity contribution is -0.384. The number of nitrogens with one attached hydrogen (secondary N) is 3. The standard InChI is InChI=1S/C19H17N4O3PS/c24-23(25)16-13-11-15(12-14-16)20-19(28)21-22-27(26,17-7-3-1-4-8-17)18-9-5-2-6-10-18/h1-14H,(H,22,26)(H2,20,21,28). The summed E-state index contributed by atoms with van der Waals surface area (Å²) in [5.41, 5.74) is 3.33. The number of thiocarbonyl (C=S) groups is 1. The van der Waals surface area contributed by atoms with Gasteiger partial charge in [-0.2, -0.15) is 5.20 Å². The average Bonchev–Trinajstić information content (AvgIpc) is 2.73. The Bertz CT molecular complexity index is 971. The topological polar surface area (TPSA) is 96.3 Å². The molecule has 0 heterocycles. The molecule has 0 bridgehead atoms. The van der Waals surface area contributed by atoms with Crippen molar-refractivity contribution in [2.24, 2.45) is 0 Å². The van der Waals surface area contributed by atoms with Gasteiger partial charge in [-0.15, -0.1) is 0 Å². The molecule has 3 aromatic carbocycles. The van der Waals surface area contributed by atoms with Gasteiger partial charge >= 0.3 is 0 Å². The van der Waals surface area contributed by atoms with Crippen LogP contribution in [-0.2, 0) is 4.57 Å². The van der Waals surface area contributed by atoms with Crippen LogP contribution in [0.5, 0.6) is 0 Å². The zero-order chi connectivity index (χ0) is 20.0. The Kier molecular flexibility index (Phi) is 6.16.